The maximum Gasteiger partial charge on any atom is 0.197 e. The molecule has 0 saturated carbocycles. The maximum atomic E-state index is 11.8. The van der Waals surface area contributed by atoms with E-state index in [0.29, 0.717) is 9.75 Å². The second-order valence-electron chi connectivity index (χ2n) is 3.26. The van der Waals surface area contributed by atoms with E-state index >= 15 is 0 Å². The highest BCUT2D eigenvalue weighted by Crippen LogP contribution is 2.25. The standard InChI is InChI=1S/C12H6Br2O2S2/c13-7-3-5-17-11(7)9(15)1-2-10(16)12-8(14)4-6-18-12/h1-6H/b2-1+. The molecule has 0 atom stereocenters. The van der Waals surface area contributed by atoms with Gasteiger partial charge >= 0.3 is 0 Å². The summed E-state index contributed by atoms with van der Waals surface area (Å²) < 4.78 is 1.51. The van der Waals surface area contributed by atoms with Gasteiger partial charge in [-0.15, -0.1) is 22.7 Å². The van der Waals surface area contributed by atoms with Crippen LogP contribution in [0.5, 0.6) is 0 Å². The van der Waals surface area contributed by atoms with Crippen LogP contribution in [0.4, 0.5) is 0 Å². The summed E-state index contributed by atoms with van der Waals surface area (Å²) in [6.45, 7) is 0. The van der Waals surface area contributed by atoms with Crippen molar-refractivity contribution in [2.24, 2.45) is 0 Å². The van der Waals surface area contributed by atoms with Gasteiger partial charge < -0.3 is 0 Å². The number of allylic oxidation sites excluding steroid dienone is 2. The van der Waals surface area contributed by atoms with E-state index in [0.717, 1.165) is 8.95 Å². The van der Waals surface area contributed by atoms with Gasteiger partial charge in [-0.05, 0) is 66.9 Å². The number of carbonyl (C=O) groups excluding carboxylic acids is 2. The predicted molar refractivity (Wildman–Crippen MR) is 81.8 cm³/mol. The molecule has 0 saturated heterocycles. The third kappa shape index (κ3) is 3.06. The van der Waals surface area contributed by atoms with Crippen LogP contribution < -0.4 is 0 Å². The molecule has 2 heterocycles. The van der Waals surface area contributed by atoms with Crippen molar-refractivity contribution in [2.45, 2.75) is 0 Å². The van der Waals surface area contributed by atoms with Crippen molar-refractivity contribution < 1.29 is 9.59 Å². The molecule has 0 bridgehead atoms. The van der Waals surface area contributed by atoms with Crippen LogP contribution in [-0.2, 0) is 0 Å². The zero-order chi connectivity index (χ0) is 13.1. The Hall–Kier alpha value is -0.560. The number of hydrogen-bond acceptors (Lipinski definition) is 4. The van der Waals surface area contributed by atoms with Gasteiger partial charge in [-0.2, -0.15) is 0 Å². The topological polar surface area (TPSA) is 34.1 Å². The highest BCUT2D eigenvalue weighted by molar-refractivity contribution is 9.11. The largest absolute Gasteiger partial charge is 0.288 e. The minimum Gasteiger partial charge on any atom is -0.288 e. The average Bonchev–Trinajstić information content (AvgIpc) is 2.94. The summed E-state index contributed by atoms with van der Waals surface area (Å²) in [6, 6.07) is 3.62. The molecule has 0 N–H and O–H groups in total. The Morgan fingerprint density at radius 2 is 1.28 bits per heavy atom. The van der Waals surface area contributed by atoms with Gasteiger partial charge in [-0.3, -0.25) is 9.59 Å². The van der Waals surface area contributed by atoms with E-state index in [1.54, 1.807) is 0 Å². The molecule has 0 aliphatic heterocycles. The highest BCUT2D eigenvalue weighted by Gasteiger charge is 2.11. The van der Waals surface area contributed by atoms with Crippen LogP contribution in [0.25, 0.3) is 0 Å². The van der Waals surface area contributed by atoms with E-state index in [2.05, 4.69) is 31.9 Å². The SMILES string of the molecule is O=C(/C=C/C(=O)c1sccc1Br)c1sccc1Br. The third-order valence-corrected chi connectivity index (χ3v) is 5.77. The first kappa shape index (κ1) is 13.9. The van der Waals surface area contributed by atoms with E-state index < -0.39 is 0 Å². The molecule has 0 amide bonds. The van der Waals surface area contributed by atoms with Gasteiger partial charge in [0.05, 0.1) is 9.75 Å². The first-order valence-electron chi connectivity index (χ1n) is 4.82. The van der Waals surface area contributed by atoms with Gasteiger partial charge in [0.25, 0.3) is 0 Å². The van der Waals surface area contributed by atoms with Crippen molar-refractivity contribution in [2.75, 3.05) is 0 Å². The Balaban J connectivity index is 2.13. The monoisotopic (exact) mass is 404 g/mol. The van der Waals surface area contributed by atoms with E-state index in [4.69, 9.17) is 0 Å². The van der Waals surface area contributed by atoms with Crippen LogP contribution in [0, 0.1) is 0 Å². The Morgan fingerprint density at radius 3 is 1.56 bits per heavy atom. The molecule has 2 nitrogen and oxygen atoms in total. The molecule has 2 aromatic heterocycles. The Bertz CT molecular complexity index is 571. The lowest BCUT2D eigenvalue weighted by molar-refractivity contribution is 0.102. The lowest BCUT2D eigenvalue weighted by Gasteiger charge is -1.92. The van der Waals surface area contributed by atoms with Crippen molar-refractivity contribution in [1.82, 2.24) is 0 Å². The van der Waals surface area contributed by atoms with Crippen molar-refractivity contribution in [3.05, 3.63) is 53.7 Å². The zero-order valence-corrected chi connectivity index (χ0v) is 13.7. The molecule has 0 aromatic carbocycles. The van der Waals surface area contributed by atoms with Gasteiger partial charge in [0.1, 0.15) is 0 Å². The fourth-order valence-electron chi connectivity index (χ4n) is 1.24. The van der Waals surface area contributed by atoms with E-state index in [-0.39, 0.29) is 11.6 Å². The Kier molecular flexibility index (Phi) is 4.66. The summed E-state index contributed by atoms with van der Waals surface area (Å²) in [6.07, 6.45) is 2.62. The lowest BCUT2D eigenvalue weighted by atomic mass is 10.2. The molecule has 92 valence electrons. The first-order chi connectivity index (χ1) is 8.59. The summed E-state index contributed by atoms with van der Waals surface area (Å²) in [5.41, 5.74) is 0. The summed E-state index contributed by atoms with van der Waals surface area (Å²) in [7, 11) is 0. The van der Waals surface area contributed by atoms with Crippen molar-refractivity contribution >= 4 is 66.1 Å². The number of ketones is 2. The fraction of sp³-hybridized carbons (Fsp3) is 0. The molecular weight excluding hydrogens is 400 g/mol. The van der Waals surface area contributed by atoms with Gasteiger partial charge in [0, 0.05) is 8.95 Å². The average molecular weight is 406 g/mol. The maximum absolute atomic E-state index is 11.8. The summed E-state index contributed by atoms with van der Waals surface area (Å²) >= 11 is 9.27. The van der Waals surface area contributed by atoms with E-state index in [1.807, 2.05) is 22.9 Å². The molecular formula is C12H6Br2O2S2. The summed E-state index contributed by atoms with van der Waals surface area (Å²) in [4.78, 5) is 24.8. The molecule has 0 radical (unpaired) electrons. The second kappa shape index (κ2) is 6.06. The van der Waals surface area contributed by atoms with Gasteiger partial charge in [0.15, 0.2) is 11.6 Å². The molecule has 0 aliphatic carbocycles. The molecule has 0 fully saturated rings. The van der Waals surface area contributed by atoms with Crippen molar-refractivity contribution in [3.63, 3.8) is 0 Å². The van der Waals surface area contributed by atoms with E-state index in [1.165, 1.54) is 34.8 Å². The lowest BCUT2D eigenvalue weighted by Crippen LogP contribution is -1.96. The minimum absolute atomic E-state index is 0.169. The normalized spacial score (nSPS) is 11.0. The molecule has 18 heavy (non-hydrogen) atoms. The first-order valence-corrected chi connectivity index (χ1v) is 8.17. The van der Waals surface area contributed by atoms with Crippen molar-refractivity contribution in [3.8, 4) is 0 Å². The minimum atomic E-state index is -0.169. The molecule has 2 aromatic rings. The van der Waals surface area contributed by atoms with Crippen LogP contribution in [0.3, 0.4) is 0 Å². The molecule has 0 spiro atoms. The van der Waals surface area contributed by atoms with Crippen LogP contribution in [0.1, 0.15) is 19.3 Å². The number of rotatable bonds is 4. The van der Waals surface area contributed by atoms with Crippen molar-refractivity contribution in [1.29, 1.82) is 0 Å². The number of hydrogen-bond donors (Lipinski definition) is 0. The fourth-order valence-corrected chi connectivity index (χ4v) is 4.22. The molecule has 2 rings (SSSR count). The quantitative estimate of drug-likeness (QED) is 0.532. The second-order valence-corrected chi connectivity index (χ2v) is 6.80. The predicted octanol–water partition coefficient (Wildman–Crippen LogP) is 4.96. The molecule has 6 heteroatoms. The Labute approximate surface area is 129 Å². The number of halogens is 2. The van der Waals surface area contributed by atoms with Gasteiger partial charge in [0.2, 0.25) is 0 Å². The summed E-state index contributed by atoms with van der Waals surface area (Å²) in [5, 5.41) is 3.64. The molecule has 0 unspecified atom stereocenters. The number of thiophene rings is 2. The van der Waals surface area contributed by atoms with Gasteiger partial charge in [-0.1, -0.05) is 0 Å². The van der Waals surface area contributed by atoms with Crippen LogP contribution in [-0.4, -0.2) is 11.6 Å². The summed E-state index contributed by atoms with van der Waals surface area (Å²) in [5.74, 6) is -0.337. The highest BCUT2D eigenvalue weighted by atomic mass is 79.9. The molecule has 0 aliphatic rings. The number of carbonyl (C=O) groups is 2. The van der Waals surface area contributed by atoms with E-state index in [9.17, 15) is 9.59 Å². The Morgan fingerprint density at radius 1 is 0.889 bits per heavy atom. The van der Waals surface area contributed by atoms with Crippen LogP contribution in [0.15, 0.2) is 44.0 Å². The third-order valence-electron chi connectivity index (χ3n) is 2.07. The zero-order valence-electron chi connectivity index (χ0n) is 8.85. The van der Waals surface area contributed by atoms with Crippen LogP contribution in [0.2, 0.25) is 0 Å². The smallest absolute Gasteiger partial charge is 0.197 e. The van der Waals surface area contributed by atoms with Crippen LogP contribution >= 0.6 is 54.5 Å². The van der Waals surface area contributed by atoms with Gasteiger partial charge in [-0.25, -0.2) is 0 Å².